The summed E-state index contributed by atoms with van der Waals surface area (Å²) in [5, 5.41) is 3.52. The van der Waals surface area contributed by atoms with Gasteiger partial charge in [-0.25, -0.2) is 4.98 Å². The van der Waals surface area contributed by atoms with Crippen LogP contribution in [0.5, 0.6) is 0 Å². The summed E-state index contributed by atoms with van der Waals surface area (Å²) in [4.78, 5) is 4.12. The first-order valence-electron chi connectivity index (χ1n) is 7.12. The van der Waals surface area contributed by atoms with Crippen LogP contribution in [0.4, 0.5) is 13.2 Å². The molecule has 1 aliphatic rings. The predicted molar refractivity (Wildman–Crippen MR) is 76.2 cm³/mol. The topological polar surface area (TPSA) is 34.1 Å². The zero-order chi connectivity index (χ0) is 15.7. The smallest absolute Gasteiger partial charge is 0.371 e. The second-order valence-electron chi connectivity index (χ2n) is 5.87. The van der Waals surface area contributed by atoms with Crippen molar-refractivity contribution in [3.8, 4) is 0 Å². The highest BCUT2D eigenvalue weighted by Crippen LogP contribution is 2.47. The number of rotatable bonds is 6. The average Bonchev–Trinajstić information content (AvgIpc) is 2.72. The number of alkyl halides is 3. The molecule has 1 aliphatic carbocycles. The van der Waals surface area contributed by atoms with Gasteiger partial charge < -0.3 is 10.1 Å². The van der Waals surface area contributed by atoms with Crippen LogP contribution in [0.25, 0.3) is 0 Å². The monoisotopic (exact) mass is 322 g/mol. The fourth-order valence-corrected chi connectivity index (χ4v) is 3.64. The van der Waals surface area contributed by atoms with Crippen molar-refractivity contribution in [1.29, 1.82) is 0 Å². The molecule has 7 heteroatoms. The predicted octanol–water partition coefficient (Wildman–Crippen LogP) is 3.93. The van der Waals surface area contributed by atoms with E-state index in [0.29, 0.717) is 17.5 Å². The fourth-order valence-electron chi connectivity index (χ4n) is 2.37. The van der Waals surface area contributed by atoms with Gasteiger partial charge in [0, 0.05) is 13.7 Å². The number of aromatic nitrogens is 1. The lowest BCUT2D eigenvalue weighted by Crippen LogP contribution is -2.36. The first kappa shape index (κ1) is 16.7. The summed E-state index contributed by atoms with van der Waals surface area (Å²) in [6.45, 7) is 4.92. The Labute approximate surface area is 126 Å². The summed E-state index contributed by atoms with van der Waals surface area (Å²) < 4.78 is 44.9. The summed E-state index contributed by atoms with van der Waals surface area (Å²) in [5.74, 6) is 0.392. The fraction of sp³-hybridized carbons (Fsp3) is 0.786. The van der Waals surface area contributed by atoms with E-state index in [9.17, 15) is 13.2 Å². The number of methoxy groups -OCH3 is 1. The van der Waals surface area contributed by atoms with Crippen molar-refractivity contribution in [1.82, 2.24) is 10.3 Å². The Morgan fingerprint density at radius 1 is 1.38 bits per heavy atom. The molecule has 0 amide bonds. The van der Waals surface area contributed by atoms with Gasteiger partial charge in [-0.15, -0.1) is 11.3 Å². The average molecular weight is 322 g/mol. The van der Waals surface area contributed by atoms with Crippen molar-refractivity contribution in [2.75, 3.05) is 13.7 Å². The Kier molecular flexibility index (Phi) is 4.95. The van der Waals surface area contributed by atoms with Gasteiger partial charge in [0.05, 0.1) is 4.88 Å². The molecule has 1 N–H and O–H groups in total. The molecule has 21 heavy (non-hydrogen) atoms. The Morgan fingerprint density at radius 2 is 2.05 bits per heavy atom. The van der Waals surface area contributed by atoms with E-state index in [0.717, 1.165) is 30.6 Å². The minimum Gasteiger partial charge on any atom is -0.371 e. The Morgan fingerprint density at radius 3 is 2.48 bits per heavy atom. The Hall–Kier alpha value is -0.660. The quantitative estimate of drug-likeness (QED) is 0.861. The minimum absolute atomic E-state index is 0.199. The molecule has 0 aliphatic heterocycles. The van der Waals surface area contributed by atoms with Crippen LogP contribution in [-0.2, 0) is 23.1 Å². The third-order valence-electron chi connectivity index (χ3n) is 3.75. The summed E-state index contributed by atoms with van der Waals surface area (Å²) in [5.41, 5.74) is -1.36. The number of hydrogen-bond donors (Lipinski definition) is 1. The zero-order valence-corrected chi connectivity index (χ0v) is 13.3. The van der Waals surface area contributed by atoms with E-state index in [1.807, 2.05) is 13.8 Å². The molecule has 1 aromatic heterocycles. The van der Waals surface area contributed by atoms with Gasteiger partial charge in [-0.2, -0.15) is 13.2 Å². The highest BCUT2D eigenvalue weighted by atomic mass is 32.1. The van der Waals surface area contributed by atoms with Crippen LogP contribution in [0.2, 0.25) is 0 Å². The van der Waals surface area contributed by atoms with Gasteiger partial charge in [0.1, 0.15) is 10.6 Å². The second-order valence-corrected chi connectivity index (χ2v) is 6.95. The molecule has 1 heterocycles. The third-order valence-corrected chi connectivity index (χ3v) is 4.99. The SMILES string of the molecule is COC1(c2nc(C(F)(F)F)c(CNCC(C)C)s2)CCC1. The van der Waals surface area contributed by atoms with Gasteiger partial charge in [-0.1, -0.05) is 13.8 Å². The number of halogens is 3. The van der Waals surface area contributed by atoms with E-state index in [4.69, 9.17) is 4.74 Å². The van der Waals surface area contributed by atoms with Gasteiger partial charge >= 0.3 is 6.18 Å². The van der Waals surface area contributed by atoms with E-state index in [1.54, 1.807) is 7.11 Å². The van der Waals surface area contributed by atoms with Crippen LogP contribution in [0, 0.1) is 5.92 Å². The van der Waals surface area contributed by atoms with Crippen molar-refractivity contribution in [2.24, 2.45) is 5.92 Å². The van der Waals surface area contributed by atoms with Crippen LogP contribution < -0.4 is 5.32 Å². The summed E-state index contributed by atoms with van der Waals surface area (Å²) in [7, 11) is 1.55. The molecule has 1 saturated carbocycles. The van der Waals surface area contributed by atoms with Crippen molar-refractivity contribution < 1.29 is 17.9 Å². The molecular formula is C14H21F3N2OS. The van der Waals surface area contributed by atoms with Gasteiger partial charge in [0.25, 0.3) is 0 Å². The molecule has 0 aromatic carbocycles. The molecule has 3 nitrogen and oxygen atoms in total. The molecule has 1 aromatic rings. The molecule has 0 bridgehead atoms. The number of ether oxygens (including phenoxy) is 1. The summed E-state index contributed by atoms with van der Waals surface area (Å²) in [6.07, 6.45) is -1.96. The lowest BCUT2D eigenvalue weighted by Gasteiger charge is -2.38. The van der Waals surface area contributed by atoms with Crippen LogP contribution in [0.15, 0.2) is 0 Å². The largest absolute Gasteiger partial charge is 0.434 e. The van der Waals surface area contributed by atoms with Gasteiger partial charge in [-0.05, 0) is 31.7 Å². The molecule has 0 atom stereocenters. The number of nitrogens with one attached hydrogen (secondary N) is 1. The highest BCUT2D eigenvalue weighted by Gasteiger charge is 2.45. The second kappa shape index (κ2) is 6.22. The van der Waals surface area contributed by atoms with E-state index in [-0.39, 0.29) is 11.4 Å². The summed E-state index contributed by atoms with van der Waals surface area (Å²) >= 11 is 1.13. The van der Waals surface area contributed by atoms with Gasteiger partial charge in [0.15, 0.2) is 5.69 Å². The molecule has 0 spiro atoms. The first-order chi connectivity index (χ1) is 9.78. The van der Waals surface area contributed by atoms with Crippen LogP contribution in [0.3, 0.4) is 0 Å². The van der Waals surface area contributed by atoms with Gasteiger partial charge in [0.2, 0.25) is 0 Å². The van der Waals surface area contributed by atoms with E-state index in [1.165, 1.54) is 0 Å². The molecule has 120 valence electrons. The van der Waals surface area contributed by atoms with Crippen molar-refractivity contribution >= 4 is 11.3 Å². The molecule has 0 saturated heterocycles. The van der Waals surface area contributed by atoms with Gasteiger partial charge in [-0.3, -0.25) is 0 Å². The van der Waals surface area contributed by atoms with Crippen LogP contribution in [-0.4, -0.2) is 18.6 Å². The molecule has 2 rings (SSSR count). The number of hydrogen-bond acceptors (Lipinski definition) is 4. The van der Waals surface area contributed by atoms with E-state index >= 15 is 0 Å². The number of thiazole rings is 1. The highest BCUT2D eigenvalue weighted by molar-refractivity contribution is 7.11. The van der Waals surface area contributed by atoms with Crippen LogP contribution >= 0.6 is 11.3 Å². The number of nitrogens with zero attached hydrogens (tertiary/aromatic N) is 1. The van der Waals surface area contributed by atoms with E-state index < -0.39 is 17.5 Å². The van der Waals surface area contributed by atoms with E-state index in [2.05, 4.69) is 10.3 Å². The molecular weight excluding hydrogens is 301 g/mol. The van der Waals surface area contributed by atoms with Crippen molar-refractivity contribution in [3.05, 3.63) is 15.6 Å². The molecule has 0 unspecified atom stereocenters. The maximum atomic E-state index is 13.1. The zero-order valence-electron chi connectivity index (χ0n) is 12.5. The molecule has 1 fully saturated rings. The third kappa shape index (κ3) is 3.57. The molecule has 0 radical (unpaired) electrons. The Bertz CT molecular complexity index is 476. The minimum atomic E-state index is -4.41. The first-order valence-corrected chi connectivity index (χ1v) is 7.93. The maximum Gasteiger partial charge on any atom is 0.434 e. The Balaban J connectivity index is 2.23. The van der Waals surface area contributed by atoms with Crippen molar-refractivity contribution in [3.63, 3.8) is 0 Å². The standard InChI is InChI=1S/C14H21F3N2OS/c1-9(2)7-18-8-10-11(14(15,16)17)19-12(21-10)13(20-3)5-4-6-13/h9,18H,4-8H2,1-3H3. The normalized spacial score (nSPS) is 18.0. The van der Waals surface area contributed by atoms with Crippen molar-refractivity contribution in [2.45, 2.75) is 51.4 Å². The maximum absolute atomic E-state index is 13.1. The van der Waals surface area contributed by atoms with Crippen LogP contribution in [0.1, 0.15) is 48.7 Å². The lowest BCUT2D eigenvalue weighted by molar-refractivity contribution is -0.142. The lowest BCUT2D eigenvalue weighted by atomic mass is 9.80. The summed E-state index contributed by atoms with van der Waals surface area (Å²) in [6, 6.07) is 0.